The third-order valence-corrected chi connectivity index (χ3v) is 5.89. The topological polar surface area (TPSA) is 62.6 Å². The number of methoxy groups -OCH3 is 1. The lowest BCUT2D eigenvalue weighted by atomic mass is 10.1. The van der Waals surface area contributed by atoms with Gasteiger partial charge in [0.2, 0.25) is 11.0 Å². The van der Waals surface area contributed by atoms with E-state index in [2.05, 4.69) is 18.0 Å². The van der Waals surface area contributed by atoms with Gasteiger partial charge in [-0.15, -0.1) is 0 Å². The predicted molar refractivity (Wildman–Crippen MR) is 149 cm³/mol. The van der Waals surface area contributed by atoms with Crippen LogP contribution in [0.5, 0.6) is 11.5 Å². The number of nitrogens with one attached hydrogen (secondary N) is 1. The summed E-state index contributed by atoms with van der Waals surface area (Å²) in [5, 5.41) is 1.89. The molecular formula is C31H26BF4NO4. The number of ether oxygens (including phenoxy) is 2. The highest BCUT2D eigenvalue weighted by Crippen LogP contribution is 2.24. The molecule has 0 saturated heterocycles. The van der Waals surface area contributed by atoms with Gasteiger partial charge >= 0.3 is 13.2 Å². The molecule has 0 aliphatic carbocycles. The van der Waals surface area contributed by atoms with Crippen LogP contribution in [0.1, 0.15) is 21.5 Å². The summed E-state index contributed by atoms with van der Waals surface area (Å²) < 4.78 is 56.1. The van der Waals surface area contributed by atoms with Gasteiger partial charge in [0.15, 0.2) is 0 Å². The molecule has 0 unspecified atom stereocenters. The smallest absolute Gasteiger partial charge is 0.497 e. The molecule has 0 amide bonds. The van der Waals surface area contributed by atoms with Crippen LogP contribution in [-0.2, 0) is 0 Å². The summed E-state index contributed by atoms with van der Waals surface area (Å²) in [6.07, 6.45) is 0. The highest BCUT2D eigenvalue weighted by Gasteiger charge is 2.20. The molecule has 210 valence electrons. The van der Waals surface area contributed by atoms with E-state index < -0.39 is 7.25 Å². The van der Waals surface area contributed by atoms with Gasteiger partial charge < -0.3 is 31.2 Å². The Labute approximate surface area is 233 Å². The van der Waals surface area contributed by atoms with Gasteiger partial charge in [0.25, 0.3) is 0 Å². The average Bonchev–Trinajstić information content (AvgIpc) is 2.93. The fourth-order valence-corrected chi connectivity index (χ4v) is 4.00. The second-order valence-corrected chi connectivity index (χ2v) is 9.16. The number of aryl methyl sites for hydroxylation is 2. The van der Waals surface area contributed by atoms with Gasteiger partial charge in [-0.3, -0.25) is 0 Å². The van der Waals surface area contributed by atoms with Crippen molar-refractivity contribution >= 4 is 29.9 Å². The van der Waals surface area contributed by atoms with Crippen LogP contribution in [0.15, 0.2) is 101 Å². The lowest BCUT2D eigenvalue weighted by Gasteiger charge is -2.06. The first-order chi connectivity index (χ1) is 19.5. The van der Waals surface area contributed by atoms with Gasteiger partial charge in [-0.05, 0) is 74.5 Å². The summed E-state index contributed by atoms with van der Waals surface area (Å²) >= 11 is 0. The van der Waals surface area contributed by atoms with Gasteiger partial charge in [0.1, 0.15) is 22.8 Å². The van der Waals surface area contributed by atoms with Crippen LogP contribution in [0.3, 0.4) is 0 Å². The van der Waals surface area contributed by atoms with Crippen molar-refractivity contribution in [1.29, 1.82) is 0 Å². The number of benzene rings is 4. The Balaban J connectivity index is 0.000000714. The van der Waals surface area contributed by atoms with E-state index in [9.17, 15) is 22.1 Å². The molecule has 0 saturated carbocycles. The quantitative estimate of drug-likeness (QED) is 0.114. The van der Waals surface area contributed by atoms with E-state index in [0.717, 1.165) is 50.2 Å². The van der Waals surface area contributed by atoms with Crippen molar-refractivity contribution in [2.24, 2.45) is 0 Å². The number of fused-ring (bicyclic) bond motifs is 1. The van der Waals surface area contributed by atoms with Crippen molar-refractivity contribution in [1.82, 2.24) is 0 Å². The molecule has 0 radical (unpaired) electrons. The van der Waals surface area contributed by atoms with Crippen LogP contribution in [0.25, 0.3) is 22.3 Å². The number of hydrogen-bond acceptors (Lipinski definition) is 4. The van der Waals surface area contributed by atoms with Crippen molar-refractivity contribution < 1.29 is 40.9 Å². The third-order valence-electron chi connectivity index (χ3n) is 5.89. The molecule has 1 N–H and O–H groups in total. The molecule has 0 aliphatic rings. The van der Waals surface area contributed by atoms with Crippen molar-refractivity contribution in [2.75, 3.05) is 7.11 Å². The van der Waals surface area contributed by atoms with Gasteiger partial charge in [0, 0.05) is 17.7 Å². The monoisotopic (exact) mass is 563 g/mol. The minimum absolute atomic E-state index is 0.380. The number of rotatable bonds is 5. The molecule has 1 aromatic heterocycles. The summed E-state index contributed by atoms with van der Waals surface area (Å²) in [7, 11) is -4.35. The highest BCUT2D eigenvalue weighted by atomic mass is 19.5. The van der Waals surface area contributed by atoms with Crippen molar-refractivity contribution in [3.63, 3.8) is 0 Å². The number of esters is 1. The van der Waals surface area contributed by atoms with E-state index in [4.69, 9.17) is 13.9 Å². The minimum Gasteiger partial charge on any atom is -0.497 e. The van der Waals surface area contributed by atoms with E-state index in [1.165, 1.54) is 0 Å². The zero-order valence-electron chi connectivity index (χ0n) is 22.5. The summed E-state index contributed by atoms with van der Waals surface area (Å²) in [6, 6.07) is 30.5. The van der Waals surface area contributed by atoms with E-state index in [-0.39, 0.29) is 5.97 Å². The molecule has 5 aromatic rings. The first kappa shape index (κ1) is 29.1. The lowest BCUT2D eigenvalue weighted by Crippen LogP contribution is -2.70. The molecule has 41 heavy (non-hydrogen) atoms. The van der Waals surface area contributed by atoms with Crippen molar-refractivity contribution in [3.05, 3.63) is 119 Å². The molecule has 0 spiro atoms. The average molecular weight is 563 g/mol. The SMILES string of the molecule is COc1ccc(-c2cc(=[NH+]c3ccc(OC(=O)c4cccc(C)c4)cc3)c3cc(C)ccc3o2)cc1.F[B-](F)(F)F. The Morgan fingerprint density at radius 1 is 0.780 bits per heavy atom. The standard InChI is InChI=1S/C31H25NO4.BF4/c1-20-5-4-6-23(17-20)31(33)35-26-14-10-24(11-15-26)32-28-19-30(22-8-12-25(34-3)13-9-22)36-29-16-7-21(2)18-27(28)29;2-1(3,4)5/h4-19H,1-3H3;/q;-1/p+1. The van der Waals surface area contributed by atoms with Gasteiger partial charge in [-0.2, -0.15) is 0 Å². The number of hydrogen-bond donors (Lipinski definition) is 1. The largest absolute Gasteiger partial charge is 0.673 e. The molecule has 0 aliphatic heterocycles. The molecule has 10 heteroatoms. The maximum atomic E-state index is 12.5. The van der Waals surface area contributed by atoms with Crippen molar-refractivity contribution in [2.45, 2.75) is 13.8 Å². The summed E-state index contributed by atoms with van der Waals surface area (Å²) in [6.45, 7) is 4.00. The zero-order valence-corrected chi connectivity index (χ0v) is 22.5. The molecule has 0 fully saturated rings. The Bertz CT molecular complexity index is 1730. The molecule has 0 atom stereocenters. The van der Waals surface area contributed by atoms with Crippen molar-refractivity contribution in [3.8, 4) is 22.8 Å². The van der Waals surface area contributed by atoms with Crippen LogP contribution < -0.4 is 19.8 Å². The van der Waals surface area contributed by atoms with Crippen LogP contribution in [0, 0.1) is 13.8 Å². The molecule has 4 aromatic carbocycles. The highest BCUT2D eigenvalue weighted by molar-refractivity contribution is 6.50. The maximum Gasteiger partial charge on any atom is 0.673 e. The Morgan fingerprint density at radius 3 is 2.05 bits per heavy atom. The summed E-state index contributed by atoms with van der Waals surface area (Å²) in [5.41, 5.74) is 5.25. The molecular weight excluding hydrogens is 537 g/mol. The minimum atomic E-state index is -6.00. The third kappa shape index (κ3) is 8.31. The van der Waals surface area contributed by atoms with Crippen LogP contribution >= 0.6 is 0 Å². The van der Waals surface area contributed by atoms with Gasteiger partial charge in [-0.25, -0.2) is 9.79 Å². The second kappa shape index (κ2) is 12.5. The zero-order chi connectivity index (χ0) is 29.6. The fraction of sp³-hybridized carbons (Fsp3) is 0.0968. The van der Waals surface area contributed by atoms with Crippen LogP contribution in [0.4, 0.5) is 23.0 Å². The first-order valence-corrected chi connectivity index (χ1v) is 12.5. The van der Waals surface area contributed by atoms with Crippen LogP contribution in [0.2, 0.25) is 0 Å². The number of carbonyl (C=O) groups excluding carboxylic acids is 1. The molecule has 5 nitrogen and oxygen atoms in total. The first-order valence-electron chi connectivity index (χ1n) is 12.5. The molecule has 1 heterocycles. The summed E-state index contributed by atoms with van der Waals surface area (Å²) in [5.74, 6) is 1.63. The van der Waals surface area contributed by atoms with Gasteiger partial charge in [-0.1, -0.05) is 29.3 Å². The maximum absolute atomic E-state index is 12.5. The van der Waals surface area contributed by atoms with E-state index in [1.54, 1.807) is 25.3 Å². The van der Waals surface area contributed by atoms with E-state index in [1.807, 2.05) is 79.7 Å². The Hall–Kier alpha value is -4.86. The second-order valence-electron chi connectivity index (χ2n) is 9.16. The van der Waals surface area contributed by atoms with E-state index in [0.29, 0.717) is 11.3 Å². The number of carbonyl (C=O) groups is 1. The van der Waals surface area contributed by atoms with Gasteiger partial charge in [0.05, 0.1) is 24.1 Å². The normalized spacial score (nSPS) is 11.5. The number of halogens is 4. The predicted octanol–water partition coefficient (Wildman–Crippen LogP) is 6.56. The van der Waals surface area contributed by atoms with Crippen LogP contribution in [-0.4, -0.2) is 20.3 Å². The molecule has 5 rings (SSSR count). The Kier molecular flexibility index (Phi) is 8.92. The van der Waals surface area contributed by atoms with E-state index >= 15 is 0 Å². The fourth-order valence-electron chi connectivity index (χ4n) is 4.00. The molecule has 0 bridgehead atoms. The summed E-state index contributed by atoms with van der Waals surface area (Å²) in [4.78, 5) is 16.0. The Morgan fingerprint density at radius 2 is 1.41 bits per heavy atom. The lowest BCUT2D eigenvalue weighted by molar-refractivity contribution is -0.400.